The van der Waals surface area contributed by atoms with Crippen LogP contribution in [0.25, 0.3) is 0 Å². The van der Waals surface area contributed by atoms with Gasteiger partial charge in [0.2, 0.25) is 0 Å². The van der Waals surface area contributed by atoms with Gasteiger partial charge in [-0.15, -0.1) is 22.9 Å². The quantitative estimate of drug-likeness (QED) is 0.742. The molecular weight excluding hydrogens is 268 g/mol. The first-order valence-corrected chi connectivity index (χ1v) is 7.13. The van der Waals surface area contributed by atoms with Gasteiger partial charge in [-0.3, -0.25) is 0 Å². The first kappa shape index (κ1) is 13.2. The zero-order chi connectivity index (χ0) is 12.8. The van der Waals surface area contributed by atoms with Crippen LogP contribution >= 0.6 is 22.9 Å². The summed E-state index contributed by atoms with van der Waals surface area (Å²) in [6.45, 7) is 0.641. The van der Waals surface area contributed by atoms with Gasteiger partial charge in [0.05, 0.1) is 13.7 Å². The smallest absolute Gasteiger partial charge is 0.161 e. The Kier molecular flexibility index (Phi) is 4.90. The third kappa shape index (κ3) is 3.40. The van der Waals surface area contributed by atoms with Gasteiger partial charge in [-0.25, -0.2) is 0 Å². The van der Waals surface area contributed by atoms with Gasteiger partial charge in [-0.2, -0.15) is 0 Å². The summed E-state index contributed by atoms with van der Waals surface area (Å²) in [5.41, 5.74) is 1.03. The lowest BCUT2D eigenvalue weighted by molar-refractivity contribution is 0.298. The Labute approximate surface area is 116 Å². The Morgan fingerprint density at radius 3 is 2.78 bits per heavy atom. The summed E-state index contributed by atoms with van der Waals surface area (Å²) in [4.78, 5) is 1.32. The maximum absolute atomic E-state index is 5.81. The van der Waals surface area contributed by atoms with E-state index < -0.39 is 0 Å². The molecule has 0 radical (unpaired) electrons. The van der Waals surface area contributed by atoms with Crippen LogP contribution in [0.5, 0.6) is 11.5 Å². The van der Waals surface area contributed by atoms with Crippen LogP contribution in [0.3, 0.4) is 0 Å². The van der Waals surface area contributed by atoms with Crippen molar-refractivity contribution >= 4 is 22.9 Å². The topological polar surface area (TPSA) is 18.5 Å². The van der Waals surface area contributed by atoms with Crippen molar-refractivity contribution in [2.24, 2.45) is 0 Å². The minimum absolute atomic E-state index is 0.477. The lowest BCUT2D eigenvalue weighted by Gasteiger charge is -2.11. The van der Waals surface area contributed by atoms with Crippen molar-refractivity contribution in [3.8, 4) is 11.5 Å². The summed E-state index contributed by atoms with van der Waals surface area (Å²) in [7, 11) is 1.64. The van der Waals surface area contributed by atoms with Crippen LogP contribution in [0, 0.1) is 0 Å². The van der Waals surface area contributed by atoms with Crippen LogP contribution in [-0.4, -0.2) is 13.7 Å². The summed E-state index contributed by atoms with van der Waals surface area (Å²) < 4.78 is 11.0. The second-order valence-electron chi connectivity index (χ2n) is 3.80. The summed E-state index contributed by atoms with van der Waals surface area (Å²) in [6.07, 6.45) is 0.909. The number of hydrogen-bond acceptors (Lipinski definition) is 3. The van der Waals surface area contributed by atoms with Crippen LogP contribution in [0.1, 0.15) is 10.4 Å². The molecule has 0 aliphatic carbocycles. The van der Waals surface area contributed by atoms with Crippen LogP contribution in [0.2, 0.25) is 0 Å². The Hall–Kier alpha value is -1.19. The molecule has 0 aliphatic heterocycles. The van der Waals surface area contributed by atoms with Gasteiger partial charge < -0.3 is 9.47 Å². The molecule has 2 nitrogen and oxygen atoms in total. The average molecular weight is 283 g/mol. The number of rotatable bonds is 6. The maximum Gasteiger partial charge on any atom is 0.161 e. The van der Waals surface area contributed by atoms with Crippen LogP contribution in [0.4, 0.5) is 0 Å². The molecule has 18 heavy (non-hydrogen) atoms. The van der Waals surface area contributed by atoms with Crippen molar-refractivity contribution in [2.45, 2.75) is 12.3 Å². The fourth-order valence-corrected chi connectivity index (χ4v) is 2.49. The number of methoxy groups -OCH3 is 1. The monoisotopic (exact) mass is 282 g/mol. The SMILES string of the molecule is COc1ccc(CCl)cc1OCCc1cccs1. The lowest BCUT2D eigenvalue weighted by atomic mass is 10.2. The number of hydrogen-bond donors (Lipinski definition) is 0. The fourth-order valence-electron chi connectivity index (χ4n) is 1.63. The second kappa shape index (κ2) is 6.66. The molecule has 0 aliphatic rings. The highest BCUT2D eigenvalue weighted by Crippen LogP contribution is 2.28. The Bertz CT molecular complexity index is 483. The Morgan fingerprint density at radius 2 is 2.11 bits per heavy atom. The van der Waals surface area contributed by atoms with Crippen LogP contribution in [-0.2, 0) is 12.3 Å². The van der Waals surface area contributed by atoms with E-state index in [1.165, 1.54) is 4.88 Å². The van der Waals surface area contributed by atoms with Crippen molar-refractivity contribution in [1.82, 2.24) is 0 Å². The summed E-state index contributed by atoms with van der Waals surface area (Å²) in [5, 5.41) is 2.07. The highest BCUT2D eigenvalue weighted by Gasteiger charge is 2.05. The Balaban J connectivity index is 1.98. The predicted molar refractivity (Wildman–Crippen MR) is 76.1 cm³/mol. The minimum atomic E-state index is 0.477. The van der Waals surface area contributed by atoms with Gasteiger partial charge in [0.1, 0.15) is 0 Å². The zero-order valence-corrected chi connectivity index (χ0v) is 11.8. The number of ether oxygens (including phenoxy) is 2. The van der Waals surface area contributed by atoms with Gasteiger partial charge in [0, 0.05) is 17.2 Å². The minimum Gasteiger partial charge on any atom is -0.493 e. The van der Waals surface area contributed by atoms with Gasteiger partial charge in [-0.05, 0) is 29.1 Å². The van der Waals surface area contributed by atoms with Crippen molar-refractivity contribution in [3.05, 3.63) is 46.2 Å². The van der Waals surface area contributed by atoms with E-state index in [0.29, 0.717) is 12.5 Å². The highest BCUT2D eigenvalue weighted by molar-refractivity contribution is 7.09. The third-order valence-electron chi connectivity index (χ3n) is 2.57. The molecule has 96 valence electrons. The van der Waals surface area contributed by atoms with E-state index in [1.54, 1.807) is 18.4 Å². The first-order valence-electron chi connectivity index (χ1n) is 5.71. The van der Waals surface area contributed by atoms with E-state index in [9.17, 15) is 0 Å². The molecule has 0 saturated heterocycles. The van der Waals surface area contributed by atoms with Crippen molar-refractivity contribution in [3.63, 3.8) is 0 Å². The van der Waals surface area contributed by atoms with Gasteiger partial charge in [-0.1, -0.05) is 12.1 Å². The molecule has 0 bridgehead atoms. The van der Waals surface area contributed by atoms with Crippen LogP contribution in [0.15, 0.2) is 35.7 Å². The molecule has 0 N–H and O–H groups in total. The summed E-state index contributed by atoms with van der Waals surface area (Å²) in [5.74, 6) is 1.98. The molecule has 1 aromatic heterocycles. The molecule has 2 aromatic rings. The van der Waals surface area contributed by atoms with E-state index >= 15 is 0 Å². The molecule has 1 aromatic carbocycles. The number of thiophene rings is 1. The zero-order valence-electron chi connectivity index (χ0n) is 10.2. The van der Waals surface area contributed by atoms with Gasteiger partial charge in [0.15, 0.2) is 11.5 Å². The normalized spacial score (nSPS) is 10.3. The molecular formula is C14H15ClO2S. The molecule has 0 spiro atoms. The first-order chi connectivity index (χ1) is 8.83. The maximum atomic E-state index is 5.81. The van der Waals surface area contributed by atoms with Crippen LogP contribution < -0.4 is 9.47 Å². The van der Waals surface area contributed by atoms with Crippen molar-refractivity contribution < 1.29 is 9.47 Å². The molecule has 2 rings (SSSR count). The molecule has 0 fully saturated rings. The Morgan fingerprint density at radius 1 is 1.22 bits per heavy atom. The second-order valence-corrected chi connectivity index (χ2v) is 5.10. The lowest BCUT2D eigenvalue weighted by Crippen LogP contribution is -2.02. The molecule has 0 atom stereocenters. The number of halogens is 1. The van der Waals surface area contributed by atoms with Crippen molar-refractivity contribution in [1.29, 1.82) is 0 Å². The predicted octanol–water partition coefficient (Wildman–Crippen LogP) is 4.12. The van der Waals surface area contributed by atoms with E-state index in [2.05, 4.69) is 17.5 Å². The third-order valence-corrected chi connectivity index (χ3v) is 3.81. The molecule has 0 saturated carbocycles. The molecule has 4 heteroatoms. The standard InChI is InChI=1S/C14H15ClO2S/c1-16-13-5-4-11(10-15)9-14(13)17-7-6-12-3-2-8-18-12/h2-5,8-9H,6-7,10H2,1H3. The fraction of sp³-hybridized carbons (Fsp3) is 0.286. The van der Waals surface area contributed by atoms with E-state index in [1.807, 2.05) is 18.2 Å². The highest BCUT2D eigenvalue weighted by atomic mass is 35.5. The average Bonchev–Trinajstić information content (AvgIpc) is 2.92. The van der Waals surface area contributed by atoms with Crippen molar-refractivity contribution in [2.75, 3.05) is 13.7 Å². The number of benzene rings is 1. The molecule has 0 unspecified atom stereocenters. The number of alkyl halides is 1. The summed E-state index contributed by atoms with van der Waals surface area (Å²) >= 11 is 7.56. The van der Waals surface area contributed by atoms with E-state index in [-0.39, 0.29) is 0 Å². The summed E-state index contributed by atoms with van der Waals surface area (Å²) in [6, 6.07) is 9.92. The van der Waals surface area contributed by atoms with E-state index in [4.69, 9.17) is 21.1 Å². The van der Waals surface area contributed by atoms with E-state index in [0.717, 1.165) is 23.5 Å². The molecule has 0 amide bonds. The van der Waals surface area contributed by atoms with Gasteiger partial charge >= 0.3 is 0 Å². The van der Waals surface area contributed by atoms with Gasteiger partial charge in [0.25, 0.3) is 0 Å². The molecule has 1 heterocycles. The largest absolute Gasteiger partial charge is 0.493 e.